The van der Waals surface area contributed by atoms with E-state index in [0.717, 1.165) is 16.8 Å². The van der Waals surface area contributed by atoms with Gasteiger partial charge in [-0.05, 0) is 52.2 Å². The summed E-state index contributed by atoms with van der Waals surface area (Å²) >= 11 is 0. The Kier molecular flexibility index (Phi) is 8.46. The maximum atomic E-state index is 14.1. The number of amides is 3. The molecule has 0 spiro atoms. The normalized spacial score (nSPS) is 20.1. The number of hydrogen-bond donors (Lipinski definition) is 2. The van der Waals surface area contributed by atoms with Crippen LogP contribution in [0.15, 0.2) is 65.8 Å². The number of benzene rings is 2. The van der Waals surface area contributed by atoms with Gasteiger partial charge in [0.25, 0.3) is 5.91 Å². The van der Waals surface area contributed by atoms with Crippen LogP contribution in [0.2, 0.25) is 0 Å². The average Bonchev–Trinajstić information content (AvgIpc) is 3.20. The highest BCUT2D eigenvalue weighted by Gasteiger charge is 2.56. The molecule has 40 heavy (non-hydrogen) atoms. The average molecular weight is 548 g/mol. The van der Waals surface area contributed by atoms with E-state index >= 15 is 0 Å². The highest BCUT2D eigenvalue weighted by Crippen LogP contribution is 2.41. The Bertz CT molecular complexity index is 1250. The number of fused-ring (bicyclic) bond motifs is 1. The lowest BCUT2D eigenvalue weighted by Crippen LogP contribution is -2.62. The minimum Gasteiger partial charge on any atom is -0.374 e. The molecule has 2 atom stereocenters. The number of hydrazone groups is 1. The van der Waals surface area contributed by atoms with Crippen molar-refractivity contribution in [1.29, 1.82) is 0 Å². The van der Waals surface area contributed by atoms with E-state index in [-0.39, 0.29) is 25.0 Å². The van der Waals surface area contributed by atoms with Crippen molar-refractivity contribution in [1.82, 2.24) is 15.2 Å². The molecule has 9 heteroatoms. The van der Waals surface area contributed by atoms with Crippen LogP contribution in [0.5, 0.6) is 0 Å². The summed E-state index contributed by atoms with van der Waals surface area (Å²) < 4.78 is 5.90. The SMILES string of the molecule is CC(C)(N)C(=O)NC(COCc1ccccc1)C(=O)N1CCC2=NN(C(C)(C)C)C(=O)C2(Cc2ccccc2)C1. The van der Waals surface area contributed by atoms with Gasteiger partial charge in [0.2, 0.25) is 11.8 Å². The van der Waals surface area contributed by atoms with Crippen LogP contribution in [0, 0.1) is 5.41 Å². The number of hydrogen-bond acceptors (Lipinski definition) is 6. The van der Waals surface area contributed by atoms with Crippen molar-refractivity contribution < 1.29 is 19.1 Å². The van der Waals surface area contributed by atoms with E-state index in [1.54, 1.807) is 23.8 Å². The Morgan fingerprint density at radius 2 is 1.62 bits per heavy atom. The van der Waals surface area contributed by atoms with Crippen molar-refractivity contribution in [3.8, 4) is 0 Å². The Morgan fingerprint density at radius 3 is 2.20 bits per heavy atom. The van der Waals surface area contributed by atoms with Crippen LogP contribution in [0.3, 0.4) is 0 Å². The van der Waals surface area contributed by atoms with Crippen LogP contribution in [0.4, 0.5) is 0 Å². The molecule has 2 aromatic rings. The molecule has 0 saturated carbocycles. The van der Waals surface area contributed by atoms with Crippen LogP contribution in [-0.4, -0.2) is 70.2 Å². The van der Waals surface area contributed by atoms with Gasteiger partial charge in [0.1, 0.15) is 11.5 Å². The maximum absolute atomic E-state index is 14.1. The topological polar surface area (TPSA) is 117 Å². The molecule has 3 amide bonds. The number of nitrogens with zero attached hydrogens (tertiary/aromatic N) is 3. The smallest absolute Gasteiger partial charge is 0.257 e. The third-order valence-corrected chi connectivity index (χ3v) is 7.33. The van der Waals surface area contributed by atoms with Crippen LogP contribution >= 0.6 is 0 Å². The monoisotopic (exact) mass is 547 g/mol. The second-order valence-corrected chi connectivity index (χ2v) is 12.3. The summed E-state index contributed by atoms with van der Waals surface area (Å²) in [5.41, 5.74) is 6.12. The summed E-state index contributed by atoms with van der Waals surface area (Å²) in [7, 11) is 0. The molecule has 2 aliphatic rings. The van der Waals surface area contributed by atoms with Gasteiger partial charge in [-0.15, -0.1) is 0 Å². The number of piperidine rings is 1. The number of carbonyl (C=O) groups is 3. The van der Waals surface area contributed by atoms with Crippen molar-refractivity contribution in [2.75, 3.05) is 19.7 Å². The summed E-state index contributed by atoms with van der Waals surface area (Å²) in [6.07, 6.45) is 0.893. The standard InChI is InChI=1S/C31H41N5O4/c1-29(2,3)36-28(39)31(18-22-12-8-6-9-13-22)21-35(17-16-25(31)34-36)26(37)24(33-27(38)30(4,5)32)20-40-19-23-14-10-7-11-15-23/h6-15,24H,16-21,32H2,1-5H3,(H,33,38). The van der Waals surface area contributed by atoms with Crippen LogP contribution in [0.1, 0.15) is 52.2 Å². The Hall–Kier alpha value is -3.56. The molecule has 2 unspecified atom stereocenters. The van der Waals surface area contributed by atoms with Crippen molar-refractivity contribution in [2.24, 2.45) is 16.3 Å². The molecule has 214 valence electrons. The summed E-state index contributed by atoms with van der Waals surface area (Å²) in [5, 5.41) is 9.15. The lowest BCUT2D eigenvalue weighted by molar-refractivity contribution is -0.146. The predicted octanol–water partition coefficient (Wildman–Crippen LogP) is 2.88. The number of nitrogens with two attached hydrogens (primary N) is 1. The van der Waals surface area contributed by atoms with Crippen LogP contribution in [0.25, 0.3) is 0 Å². The van der Waals surface area contributed by atoms with Gasteiger partial charge < -0.3 is 20.7 Å². The third kappa shape index (κ3) is 6.42. The molecule has 0 bridgehead atoms. The van der Waals surface area contributed by atoms with E-state index in [9.17, 15) is 14.4 Å². The number of likely N-dealkylation sites (tertiary alicyclic amines) is 1. The number of carbonyl (C=O) groups excluding carboxylic acids is 3. The fraction of sp³-hybridized carbons (Fsp3) is 0.484. The van der Waals surface area contributed by atoms with Gasteiger partial charge in [-0.2, -0.15) is 5.10 Å². The van der Waals surface area contributed by atoms with Crippen molar-refractivity contribution in [3.63, 3.8) is 0 Å². The van der Waals surface area contributed by atoms with Gasteiger partial charge in [-0.25, -0.2) is 5.01 Å². The van der Waals surface area contributed by atoms with E-state index in [0.29, 0.717) is 26.0 Å². The van der Waals surface area contributed by atoms with E-state index in [1.807, 2.05) is 81.4 Å². The number of rotatable bonds is 9. The molecule has 2 heterocycles. The molecular formula is C31H41N5O4. The van der Waals surface area contributed by atoms with E-state index < -0.39 is 28.4 Å². The summed E-state index contributed by atoms with van der Waals surface area (Å²) in [5.74, 6) is -0.872. The van der Waals surface area contributed by atoms with E-state index in [1.165, 1.54) is 0 Å². The molecule has 4 rings (SSSR count). The zero-order valence-electron chi connectivity index (χ0n) is 24.1. The number of nitrogens with one attached hydrogen (secondary N) is 1. The molecule has 0 aromatic heterocycles. The predicted molar refractivity (Wildman–Crippen MR) is 154 cm³/mol. The first-order valence-corrected chi connectivity index (χ1v) is 13.8. The zero-order chi connectivity index (χ0) is 29.1. The summed E-state index contributed by atoms with van der Waals surface area (Å²) in [6, 6.07) is 18.5. The van der Waals surface area contributed by atoms with Gasteiger partial charge in [0, 0.05) is 19.5 Å². The largest absolute Gasteiger partial charge is 0.374 e. The minimum absolute atomic E-state index is 0.0270. The first kappa shape index (κ1) is 29.4. The first-order chi connectivity index (χ1) is 18.8. The molecule has 2 aliphatic heterocycles. The molecule has 2 aromatic carbocycles. The van der Waals surface area contributed by atoms with Gasteiger partial charge in [-0.1, -0.05) is 60.7 Å². The van der Waals surface area contributed by atoms with Gasteiger partial charge in [0.05, 0.1) is 30.0 Å². The number of ether oxygens (including phenoxy) is 1. The van der Waals surface area contributed by atoms with Crippen LogP contribution < -0.4 is 11.1 Å². The molecule has 9 nitrogen and oxygen atoms in total. The van der Waals surface area contributed by atoms with Gasteiger partial charge >= 0.3 is 0 Å². The van der Waals surface area contributed by atoms with Crippen LogP contribution in [-0.2, 0) is 32.1 Å². The lowest BCUT2D eigenvalue weighted by atomic mass is 9.73. The molecule has 1 saturated heterocycles. The quantitative estimate of drug-likeness (QED) is 0.501. The molecular weight excluding hydrogens is 506 g/mol. The van der Waals surface area contributed by atoms with Crippen molar-refractivity contribution in [2.45, 2.75) is 71.2 Å². The first-order valence-electron chi connectivity index (χ1n) is 13.8. The molecule has 3 N–H and O–H groups in total. The van der Waals surface area contributed by atoms with Gasteiger partial charge in [0.15, 0.2) is 0 Å². The summed E-state index contributed by atoms with van der Waals surface area (Å²) in [6.45, 7) is 9.86. The second-order valence-electron chi connectivity index (χ2n) is 12.3. The third-order valence-electron chi connectivity index (χ3n) is 7.33. The highest BCUT2D eigenvalue weighted by molar-refractivity contribution is 6.14. The second kappa shape index (κ2) is 11.5. The fourth-order valence-corrected chi connectivity index (χ4v) is 5.11. The van der Waals surface area contributed by atoms with E-state index in [4.69, 9.17) is 15.6 Å². The Labute approximate surface area is 236 Å². The molecule has 0 radical (unpaired) electrons. The Balaban J connectivity index is 1.59. The maximum Gasteiger partial charge on any atom is 0.257 e. The zero-order valence-corrected chi connectivity index (χ0v) is 24.1. The fourth-order valence-electron chi connectivity index (χ4n) is 5.11. The van der Waals surface area contributed by atoms with Gasteiger partial charge in [-0.3, -0.25) is 14.4 Å². The van der Waals surface area contributed by atoms with Crippen molar-refractivity contribution >= 4 is 23.4 Å². The van der Waals surface area contributed by atoms with E-state index in [2.05, 4.69) is 5.32 Å². The minimum atomic E-state index is -1.18. The Morgan fingerprint density at radius 1 is 1.02 bits per heavy atom. The molecule has 0 aliphatic carbocycles. The highest BCUT2D eigenvalue weighted by atomic mass is 16.5. The molecule has 1 fully saturated rings. The van der Waals surface area contributed by atoms with Crippen molar-refractivity contribution in [3.05, 3.63) is 71.8 Å². The lowest BCUT2D eigenvalue weighted by Gasteiger charge is -2.41. The summed E-state index contributed by atoms with van der Waals surface area (Å²) in [4.78, 5) is 42.6.